The Morgan fingerprint density at radius 1 is 1.00 bits per heavy atom. The van der Waals surface area contributed by atoms with Gasteiger partial charge in [0.2, 0.25) is 0 Å². The first-order chi connectivity index (χ1) is 12.5. The number of unbranched alkanes of at least 4 members (excludes halogenated alkanes) is 2. The minimum Gasteiger partial charge on any atom is -0.479 e. The van der Waals surface area contributed by atoms with E-state index in [0.717, 1.165) is 30.7 Å². The second-order valence-electron chi connectivity index (χ2n) is 6.89. The van der Waals surface area contributed by atoms with Crippen LogP contribution in [0.3, 0.4) is 0 Å². The van der Waals surface area contributed by atoms with E-state index >= 15 is 0 Å². The molecular formula is C22H27ClO3. The molecule has 1 unspecified atom stereocenters. The Balaban J connectivity index is 1.75. The van der Waals surface area contributed by atoms with Crippen LogP contribution in [-0.4, -0.2) is 17.2 Å². The molecule has 0 radical (unpaired) electrons. The predicted octanol–water partition coefficient (Wildman–Crippen LogP) is 6.10. The molecular weight excluding hydrogens is 348 g/mol. The van der Waals surface area contributed by atoms with Crippen LogP contribution in [-0.2, 0) is 11.2 Å². The summed E-state index contributed by atoms with van der Waals surface area (Å²) < 4.78 is 5.67. The van der Waals surface area contributed by atoms with Gasteiger partial charge >= 0.3 is 5.97 Å². The highest BCUT2D eigenvalue weighted by molar-refractivity contribution is 6.30. The van der Waals surface area contributed by atoms with Gasteiger partial charge in [-0.05, 0) is 67.0 Å². The van der Waals surface area contributed by atoms with E-state index in [4.69, 9.17) is 16.3 Å². The number of aryl methyl sites for hydroxylation is 1. The zero-order chi connectivity index (χ0) is 18.9. The number of halogens is 1. The van der Waals surface area contributed by atoms with Crippen molar-refractivity contribution < 1.29 is 14.6 Å². The van der Waals surface area contributed by atoms with Crippen molar-refractivity contribution in [2.45, 2.75) is 58.0 Å². The number of carboxylic acids is 1. The lowest BCUT2D eigenvalue weighted by Crippen LogP contribution is -2.26. The van der Waals surface area contributed by atoms with Gasteiger partial charge in [-0.25, -0.2) is 4.79 Å². The molecule has 0 aromatic heterocycles. The van der Waals surface area contributed by atoms with E-state index in [2.05, 4.69) is 13.8 Å². The second-order valence-corrected chi connectivity index (χ2v) is 7.33. The van der Waals surface area contributed by atoms with Crippen LogP contribution < -0.4 is 4.74 Å². The lowest BCUT2D eigenvalue weighted by atomic mass is 10.0. The van der Waals surface area contributed by atoms with Crippen molar-refractivity contribution in [3.63, 3.8) is 0 Å². The fourth-order valence-electron chi connectivity index (χ4n) is 2.82. The number of hydrogen-bond acceptors (Lipinski definition) is 2. The molecule has 3 nitrogen and oxygen atoms in total. The summed E-state index contributed by atoms with van der Waals surface area (Å²) in [5.74, 6) is 0.151. The van der Waals surface area contributed by atoms with Gasteiger partial charge in [0.15, 0.2) is 6.10 Å². The number of hydrogen-bond donors (Lipinski definition) is 1. The minimum atomic E-state index is -0.907. The summed E-state index contributed by atoms with van der Waals surface area (Å²) in [6.45, 7) is 4.25. The van der Waals surface area contributed by atoms with Gasteiger partial charge < -0.3 is 9.84 Å². The molecule has 0 amide bonds. The molecule has 1 N–H and O–H groups in total. The summed E-state index contributed by atoms with van der Waals surface area (Å²) in [6.07, 6.45) is 3.53. The van der Waals surface area contributed by atoms with Gasteiger partial charge in [-0.15, -0.1) is 0 Å². The molecule has 2 aromatic rings. The van der Waals surface area contributed by atoms with Gasteiger partial charge in [-0.2, -0.15) is 0 Å². The summed E-state index contributed by atoms with van der Waals surface area (Å²) in [5, 5.41) is 10.1. The maximum atomic E-state index is 11.5. The summed E-state index contributed by atoms with van der Waals surface area (Å²) >= 11 is 5.88. The molecule has 26 heavy (non-hydrogen) atoms. The average molecular weight is 375 g/mol. The fraction of sp³-hybridized carbons (Fsp3) is 0.409. The number of rotatable bonds is 10. The Bertz CT molecular complexity index is 678. The van der Waals surface area contributed by atoms with E-state index in [-0.39, 0.29) is 0 Å². The first-order valence-corrected chi connectivity index (χ1v) is 9.57. The maximum Gasteiger partial charge on any atom is 0.344 e. The number of benzene rings is 2. The largest absolute Gasteiger partial charge is 0.479 e. The van der Waals surface area contributed by atoms with Crippen molar-refractivity contribution in [2.24, 2.45) is 0 Å². The highest BCUT2D eigenvalue weighted by atomic mass is 35.5. The normalized spacial score (nSPS) is 12.2. The predicted molar refractivity (Wildman–Crippen MR) is 106 cm³/mol. The smallest absolute Gasteiger partial charge is 0.344 e. The standard InChI is InChI=1S/C22H27ClO3/c1-16(2)18-10-14-20(15-11-18)26-21(22(24)25)7-5-3-4-6-17-8-12-19(23)13-9-17/h8-16,21H,3-7H2,1-2H3,(H,24,25). The lowest BCUT2D eigenvalue weighted by Gasteiger charge is -2.16. The molecule has 1 atom stereocenters. The summed E-state index contributed by atoms with van der Waals surface area (Å²) in [5.41, 5.74) is 2.47. The van der Waals surface area contributed by atoms with Crippen molar-refractivity contribution in [2.75, 3.05) is 0 Å². The van der Waals surface area contributed by atoms with Crippen LogP contribution in [0.5, 0.6) is 5.75 Å². The van der Waals surface area contributed by atoms with Gasteiger partial charge in [0.25, 0.3) is 0 Å². The number of carbonyl (C=O) groups is 1. The summed E-state index contributed by atoms with van der Waals surface area (Å²) in [6, 6.07) is 15.6. The van der Waals surface area contributed by atoms with E-state index < -0.39 is 12.1 Å². The first kappa shape index (κ1) is 20.3. The third-order valence-corrected chi connectivity index (χ3v) is 4.70. The quantitative estimate of drug-likeness (QED) is 0.511. The van der Waals surface area contributed by atoms with Gasteiger partial charge in [0, 0.05) is 5.02 Å². The summed E-state index contributed by atoms with van der Waals surface area (Å²) in [7, 11) is 0. The van der Waals surface area contributed by atoms with Crippen LogP contribution in [0.2, 0.25) is 5.02 Å². The molecule has 140 valence electrons. The molecule has 0 spiro atoms. The van der Waals surface area contributed by atoms with Crippen LogP contribution >= 0.6 is 11.6 Å². The second kappa shape index (κ2) is 10.2. The van der Waals surface area contributed by atoms with Crippen molar-refractivity contribution in [3.05, 3.63) is 64.7 Å². The molecule has 0 bridgehead atoms. The Morgan fingerprint density at radius 3 is 2.23 bits per heavy atom. The van der Waals surface area contributed by atoms with Gasteiger partial charge in [0.1, 0.15) is 5.75 Å². The SMILES string of the molecule is CC(C)c1ccc(OC(CCCCCc2ccc(Cl)cc2)C(=O)O)cc1. The Kier molecular flexibility index (Phi) is 7.99. The van der Waals surface area contributed by atoms with E-state index in [9.17, 15) is 9.90 Å². The first-order valence-electron chi connectivity index (χ1n) is 9.19. The molecule has 0 aliphatic carbocycles. The highest BCUT2D eigenvalue weighted by Crippen LogP contribution is 2.21. The molecule has 0 fully saturated rings. The minimum absolute atomic E-state index is 0.444. The molecule has 0 saturated carbocycles. The van der Waals surface area contributed by atoms with Crippen molar-refractivity contribution in [1.82, 2.24) is 0 Å². The Hall–Kier alpha value is -2.00. The topological polar surface area (TPSA) is 46.5 Å². The highest BCUT2D eigenvalue weighted by Gasteiger charge is 2.19. The molecule has 0 aliphatic heterocycles. The average Bonchev–Trinajstić information content (AvgIpc) is 2.62. The van der Waals surface area contributed by atoms with Crippen molar-refractivity contribution in [3.8, 4) is 5.75 Å². The van der Waals surface area contributed by atoms with Crippen LogP contribution in [0.1, 0.15) is 56.6 Å². The third-order valence-electron chi connectivity index (χ3n) is 4.45. The Morgan fingerprint density at radius 2 is 1.65 bits per heavy atom. The molecule has 4 heteroatoms. The van der Waals surface area contributed by atoms with Crippen molar-refractivity contribution >= 4 is 17.6 Å². The van der Waals surface area contributed by atoms with E-state index in [0.29, 0.717) is 18.1 Å². The van der Waals surface area contributed by atoms with Crippen LogP contribution in [0, 0.1) is 0 Å². The van der Waals surface area contributed by atoms with E-state index in [1.165, 1.54) is 11.1 Å². The molecule has 0 heterocycles. The molecule has 2 aromatic carbocycles. The van der Waals surface area contributed by atoms with E-state index in [1.807, 2.05) is 48.5 Å². The van der Waals surface area contributed by atoms with Crippen LogP contribution in [0.15, 0.2) is 48.5 Å². The van der Waals surface area contributed by atoms with E-state index in [1.54, 1.807) is 0 Å². The maximum absolute atomic E-state index is 11.5. The zero-order valence-electron chi connectivity index (χ0n) is 15.5. The van der Waals surface area contributed by atoms with Gasteiger partial charge in [-0.1, -0.05) is 56.1 Å². The Labute approximate surface area is 161 Å². The zero-order valence-corrected chi connectivity index (χ0v) is 16.2. The van der Waals surface area contributed by atoms with Crippen LogP contribution in [0.4, 0.5) is 0 Å². The van der Waals surface area contributed by atoms with Crippen molar-refractivity contribution in [1.29, 1.82) is 0 Å². The van der Waals surface area contributed by atoms with Gasteiger partial charge in [-0.3, -0.25) is 0 Å². The van der Waals surface area contributed by atoms with Gasteiger partial charge in [0.05, 0.1) is 0 Å². The number of aliphatic carboxylic acids is 1. The fourth-order valence-corrected chi connectivity index (χ4v) is 2.94. The molecule has 2 rings (SSSR count). The summed E-state index contributed by atoms with van der Waals surface area (Å²) in [4.78, 5) is 11.5. The number of carboxylic acid groups (broad SMARTS) is 1. The lowest BCUT2D eigenvalue weighted by molar-refractivity contribution is -0.145. The molecule has 0 saturated heterocycles. The number of ether oxygens (including phenoxy) is 1. The monoisotopic (exact) mass is 374 g/mol. The molecule has 0 aliphatic rings. The van der Waals surface area contributed by atoms with Crippen LogP contribution in [0.25, 0.3) is 0 Å². The third kappa shape index (κ3) is 6.72.